The lowest BCUT2D eigenvalue weighted by Gasteiger charge is -2.02. The van der Waals surface area contributed by atoms with Gasteiger partial charge in [-0.15, -0.1) is 11.3 Å². The van der Waals surface area contributed by atoms with Crippen molar-refractivity contribution in [2.45, 2.75) is 18.9 Å². The Bertz CT molecular complexity index is 807. The first-order valence-corrected chi connectivity index (χ1v) is 8.52. The van der Waals surface area contributed by atoms with E-state index in [0.29, 0.717) is 5.75 Å². The summed E-state index contributed by atoms with van der Waals surface area (Å²) in [6.07, 6.45) is 0. The molecule has 106 valence electrons. The Morgan fingerprint density at radius 2 is 2.00 bits per heavy atom. The van der Waals surface area contributed by atoms with E-state index in [1.165, 1.54) is 16.6 Å². The summed E-state index contributed by atoms with van der Waals surface area (Å²) in [6.45, 7) is 4.04. The van der Waals surface area contributed by atoms with Crippen LogP contribution in [0.5, 0.6) is 0 Å². The fourth-order valence-corrected chi connectivity index (χ4v) is 3.96. The van der Waals surface area contributed by atoms with Crippen molar-refractivity contribution in [2.75, 3.05) is 5.75 Å². The van der Waals surface area contributed by atoms with E-state index in [9.17, 15) is 4.79 Å². The van der Waals surface area contributed by atoms with Crippen LogP contribution in [0.1, 0.15) is 20.1 Å². The molecule has 3 rings (SSSR count). The Labute approximate surface area is 132 Å². The van der Waals surface area contributed by atoms with Gasteiger partial charge in [0.1, 0.15) is 0 Å². The molecule has 2 heterocycles. The number of benzene rings is 1. The molecule has 1 aromatic carbocycles. The van der Waals surface area contributed by atoms with Crippen LogP contribution in [0, 0.1) is 13.8 Å². The smallest absolute Gasteiger partial charge is 0.174 e. The van der Waals surface area contributed by atoms with E-state index >= 15 is 0 Å². The number of carbonyl (C=O) groups excluding carboxylic acids is 1. The van der Waals surface area contributed by atoms with Crippen LogP contribution in [0.25, 0.3) is 10.9 Å². The molecule has 0 aliphatic carbocycles. The number of rotatable bonds is 4. The maximum absolute atomic E-state index is 12.3. The number of fused-ring (bicyclic) bond motifs is 1. The number of ketones is 1. The zero-order chi connectivity index (χ0) is 14.8. The number of nitrogens with zero attached hydrogens (tertiary/aromatic N) is 1. The molecule has 4 heteroatoms. The van der Waals surface area contributed by atoms with Gasteiger partial charge >= 0.3 is 0 Å². The molecule has 0 N–H and O–H groups in total. The van der Waals surface area contributed by atoms with Crippen molar-refractivity contribution >= 4 is 39.8 Å². The van der Waals surface area contributed by atoms with Gasteiger partial charge in [-0.1, -0.05) is 36.0 Å². The average Bonchev–Trinajstić information content (AvgIpc) is 2.83. The number of Topliss-reactive ketones (excluding diaryl/α,β-unsaturated/α-hetero) is 1. The molecule has 0 fully saturated rings. The minimum Gasteiger partial charge on any atom is -0.293 e. The van der Waals surface area contributed by atoms with E-state index in [0.717, 1.165) is 26.4 Å². The van der Waals surface area contributed by atoms with Crippen molar-refractivity contribution in [3.63, 3.8) is 0 Å². The first-order chi connectivity index (χ1) is 10.1. The molecule has 0 radical (unpaired) electrons. The number of thiophene rings is 1. The minimum atomic E-state index is 0.178. The molecule has 0 saturated carbocycles. The van der Waals surface area contributed by atoms with Gasteiger partial charge in [0.2, 0.25) is 0 Å². The summed E-state index contributed by atoms with van der Waals surface area (Å²) in [5.74, 6) is 0.610. The largest absolute Gasteiger partial charge is 0.293 e. The molecule has 0 bridgehead atoms. The Hall–Kier alpha value is -1.65. The highest BCUT2D eigenvalue weighted by atomic mass is 32.2. The van der Waals surface area contributed by atoms with Crippen molar-refractivity contribution in [3.05, 3.63) is 57.8 Å². The number of pyridine rings is 1. The monoisotopic (exact) mass is 313 g/mol. The van der Waals surface area contributed by atoms with Crippen LogP contribution in [-0.2, 0) is 0 Å². The molecular formula is C17H15NOS2. The number of para-hydroxylation sites is 1. The number of hydrogen-bond donors (Lipinski definition) is 0. The molecule has 0 atom stereocenters. The van der Waals surface area contributed by atoms with Gasteiger partial charge in [-0.25, -0.2) is 4.98 Å². The van der Waals surface area contributed by atoms with Gasteiger partial charge in [0, 0.05) is 20.7 Å². The molecule has 0 aliphatic heterocycles. The highest BCUT2D eigenvalue weighted by Gasteiger charge is 2.12. The lowest BCUT2D eigenvalue weighted by Crippen LogP contribution is -2.02. The highest BCUT2D eigenvalue weighted by molar-refractivity contribution is 7.99. The summed E-state index contributed by atoms with van der Waals surface area (Å²) >= 11 is 3.18. The van der Waals surface area contributed by atoms with Crippen LogP contribution in [0.3, 0.4) is 0 Å². The maximum Gasteiger partial charge on any atom is 0.174 e. The highest BCUT2D eigenvalue weighted by Crippen LogP contribution is 2.25. The number of carbonyl (C=O) groups is 1. The second kappa shape index (κ2) is 6.00. The van der Waals surface area contributed by atoms with Gasteiger partial charge in [0.05, 0.1) is 16.3 Å². The fraction of sp³-hybridized carbons (Fsp3) is 0.176. The van der Waals surface area contributed by atoms with E-state index in [1.807, 2.05) is 50.2 Å². The number of hydrogen-bond acceptors (Lipinski definition) is 4. The van der Waals surface area contributed by atoms with Crippen molar-refractivity contribution in [2.24, 2.45) is 0 Å². The molecule has 0 amide bonds. The van der Waals surface area contributed by atoms with Crippen LogP contribution >= 0.6 is 23.1 Å². The summed E-state index contributed by atoms with van der Waals surface area (Å²) in [5, 5.41) is 2.02. The Balaban J connectivity index is 1.74. The standard InChI is InChI=1S/C17H15NOS2/c1-11-9-14(12(2)21-11)16(19)10-20-17-8-7-13-5-3-4-6-15(13)18-17/h3-9H,10H2,1-2H3. The van der Waals surface area contributed by atoms with E-state index in [1.54, 1.807) is 11.3 Å². The van der Waals surface area contributed by atoms with Gasteiger partial charge in [-0.2, -0.15) is 0 Å². The molecule has 2 aromatic heterocycles. The van der Waals surface area contributed by atoms with E-state index in [-0.39, 0.29) is 5.78 Å². The van der Waals surface area contributed by atoms with E-state index < -0.39 is 0 Å². The van der Waals surface area contributed by atoms with Gasteiger partial charge < -0.3 is 0 Å². The van der Waals surface area contributed by atoms with Gasteiger partial charge in [-0.3, -0.25) is 4.79 Å². The third-order valence-electron chi connectivity index (χ3n) is 3.27. The maximum atomic E-state index is 12.3. The number of aryl methyl sites for hydroxylation is 2. The van der Waals surface area contributed by atoms with Crippen LogP contribution in [0.2, 0.25) is 0 Å². The molecule has 21 heavy (non-hydrogen) atoms. The fourth-order valence-electron chi connectivity index (χ4n) is 2.25. The van der Waals surface area contributed by atoms with Gasteiger partial charge in [-0.05, 0) is 32.0 Å². The molecule has 0 spiro atoms. The zero-order valence-corrected chi connectivity index (χ0v) is 13.6. The summed E-state index contributed by atoms with van der Waals surface area (Å²) in [6, 6.07) is 14.0. The second-order valence-electron chi connectivity index (χ2n) is 4.88. The van der Waals surface area contributed by atoms with Crippen molar-refractivity contribution in [1.29, 1.82) is 0 Å². The average molecular weight is 313 g/mol. The second-order valence-corrected chi connectivity index (χ2v) is 7.34. The normalized spacial score (nSPS) is 11.0. The summed E-state index contributed by atoms with van der Waals surface area (Å²) in [5.41, 5.74) is 1.82. The lowest BCUT2D eigenvalue weighted by atomic mass is 10.2. The van der Waals surface area contributed by atoms with Gasteiger partial charge in [0.15, 0.2) is 5.78 Å². The topological polar surface area (TPSA) is 30.0 Å². The molecular weight excluding hydrogens is 298 g/mol. The predicted octanol–water partition coefficient (Wildman–Crippen LogP) is 4.89. The van der Waals surface area contributed by atoms with Crippen LogP contribution in [0.15, 0.2) is 47.5 Å². The van der Waals surface area contributed by atoms with Crippen molar-refractivity contribution in [3.8, 4) is 0 Å². The number of aromatic nitrogens is 1. The van der Waals surface area contributed by atoms with Gasteiger partial charge in [0.25, 0.3) is 0 Å². The Kier molecular flexibility index (Phi) is 4.08. The first-order valence-electron chi connectivity index (χ1n) is 6.72. The summed E-state index contributed by atoms with van der Waals surface area (Å²) < 4.78 is 0. The molecule has 0 unspecified atom stereocenters. The SMILES string of the molecule is Cc1cc(C(=O)CSc2ccc3ccccc3n2)c(C)s1. The Morgan fingerprint density at radius 1 is 1.19 bits per heavy atom. The third-order valence-corrected chi connectivity index (χ3v) is 5.16. The quantitative estimate of drug-likeness (QED) is 0.507. The van der Waals surface area contributed by atoms with Crippen molar-refractivity contribution < 1.29 is 4.79 Å². The molecule has 3 aromatic rings. The third kappa shape index (κ3) is 3.17. The molecule has 0 saturated heterocycles. The first kappa shape index (κ1) is 14.3. The minimum absolute atomic E-state index is 0.178. The van der Waals surface area contributed by atoms with E-state index in [2.05, 4.69) is 11.1 Å². The van der Waals surface area contributed by atoms with Crippen molar-refractivity contribution in [1.82, 2.24) is 4.98 Å². The van der Waals surface area contributed by atoms with Crippen LogP contribution in [0.4, 0.5) is 0 Å². The number of thioether (sulfide) groups is 1. The molecule has 0 aliphatic rings. The zero-order valence-electron chi connectivity index (χ0n) is 11.9. The van der Waals surface area contributed by atoms with E-state index in [4.69, 9.17) is 0 Å². The van der Waals surface area contributed by atoms with Crippen LogP contribution < -0.4 is 0 Å². The summed E-state index contributed by atoms with van der Waals surface area (Å²) in [4.78, 5) is 19.1. The molecule has 2 nitrogen and oxygen atoms in total. The summed E-state index contributed by atoms with van der Waals surface area (Å²) in [7, 11) is 0. The van der Waals surface area contributed by atoms with Crippen LogP contribution in [-0.4, -0.2) is 16.5 Å². The predicted molar refractivity (Wildman–Crippen MR) is 90.6 cm³/mol. The lowest BCUT2D eigenvalue weighted by molar-refractivity contribution is 0.102. The Morgan fingerprint density at radius 3 is 2.76 bits per heavy atom.